The lowest BCUT2D eigenvalue weighted by Crippen LogP contribution is -2.38. The number of Topliss-reactive ketones (excluding diaryl/α,β-unsaturated/α-hetero) is 1. The largest absolute Gasteiger partial charge is 0.377 e. The molecular weight excluding hydrogens is 297 g/mol. The van der Waals surface area contributed by atoms with Gasteiger partial charge in [0, 0.05) is 17.1 Å². The van der Waals surface area contributed by atoms with Crippen LogP contribution in [0.4, 0.5) is 0 Å². The summed E-state index contributed by atoms with van der Waals surface area (Å²) in [6.45, 7) is 7.13. The van der Waals surface area contributed by atoms with Gasteiger partial charge in [-0.25, -0.2) is 0 Å². The Hall–Kier alpha value is -0.610. The third kappa shape index (κ3) is 5.06. The van der Waals surface area contributed by atoms with Crippen molar-refractivity contribution >= 4 is 29.0 Å². The van der Waals surface area contributed by atoms with Crippen LogP contribution in [0.1, 0.15) is 31.1 Å². The Morgan fingerprint density at radius 1 is 1.30 bits per heavy atom. The molecule has 20 heavy (non-hydrogen) atoms. The highest BCUT2D eigenvalue weighted by Crippen LogP contribution is 2.23. The number of hydrogen-bond acceptors (Lipinski definition) is 3. The molecule has 0 aliphatic rings. The minimum Gasteiger partial charge on any atom is -0.377 e. The van der Waals surface area contributed by atoms with Gasteiger partial charge in [0.05, 0.1) is 23.8 Å². The molecule has 0 saturated carbocycles. The Bertz CT molecular complexity index is 463. The predicted molar refractivity (Wildman–Crippen MR) is 84.0 cm³/mol. The summed E-state index contributed by atoms with van der Waals surface area (Å²) in [7, 11) is 1.90. The van der Waals surface area contributed by atoms with Crippen molar-refractivity contribution in [3.05, 3.63) is 33.8 Å². The molecule has 5 heteroatoms. The lowest BCUT2D eigenvalue weighted by molar-refractivity contribution is 0.0542. The number of carbonyl (C=O) groups excluding carboxylic acids is 1. The number of carbonyl (C=O) groups is 1. The van der Waals surface area contributed by atoms with Gasteiger partial charge in [-0.2, -0.15) is 0 Å². The molecule has 1 atom stereocenters. The average Bonchev–Trinajstić information content (AvgIpc) is 2.36. The highest BCUT2D eigenvalue weighted by molar-refractivity contribution is 6.37. The van der Waals surface area contributed by atoms with Crippen molar-refractivity contribution in [3.8, 4) is 0 Å². The molecule has 0 aliphatic heterocycles. The Morgan fingerprint density at radius 2 is 1.95 bits per heavy atom. The quantitative estimate of drug-likeness (QED) is 0.714. The number of hydrogen-bond donors (Lipinski definition) is 0. The van der Waals surface area contributed by atoms with Gasteiger partial charge in [-0.15, -0.1) is 0 Å². The van der Waals surface area contributed by atoms with Gasteiger partial charge in [0.25, 0.3) is 0 Å². The van der Waals surface area contributed by atoms with Gasteiger partial charge in [0.2, 0.25) is 0 Å². The highest BCUT2D eigenvalue weighted by Gasteiger charge is 2.21. The fourth-order valence-corrected chi connectivity index (χ4v) is 2.24. The molecule has 0 bridgehead atoms. The van der Waals surface area contributed by atoms with Gasteiger partial charge in [0.15, 0.2) is 5.78 Å². The molecule has 1 rings (SSSR count). The van der Waals surface area contributed by atoms with Gasteiger partial charge in [-0.3, -0.25) is 9.69 Å². The predicted octanol–water partition coefficient (Wildman–Crippen LogP) is 3.92. The van der Waals surface area contributed by atoms with Gasteiger partial charge in [-0.05, 0) is 46.0 Å². The lowest BCUT2D eigenvalue weighted by Gasteiger charge is -2.24. The number of halogens is 2. The molecule has 0 amide bonds. The molecule has 0 spiro atoms. The van der Waals surface area contributed by atoms with Crippen molar-refractivity contribution in [1.29, 1.82) is 0 Å². The summed E-state index contributed by atoms with van der Waals surface area (Å²) in [5.74, 6) is -0.0151. The molecule has 0 aromatic heterocycles. The second kappa shape index (κ2) is 7.99. The summed E-state index contributed by atoms with van der Waals surface area (Å²) in [6, 6.07) is 4.67. The molecule has 3 nitrogen and oxygen atoms in total. The average molecular weight is 318 g/mol. The molecule has 0 heterocycles. The van der Waals surface area contributed by atoms with E-state index in [1.165, 1.54) is 0 Å². The van der Waals surface area contributed by atoms with Crippen molar-refractivity contribution in [1.82, 2.24) is 4.90 Å². The first-order valence-corrected chi connectivity index (χ1v) is 7.39. The standard InChI is InChI=1S/C15H21Cl2NO2/c1-10(2)20-8-7-18(4)11(3)15(19)13-6-5-12(16)9-14(13)17/h5-6,9-11H,7-8H2,1-4H3. The smallest absolute Gasteiger partial charge is 0.181 e. The summed E-state index contributed by atoms with van der Waals surface area (Å²) in [6.07, 6.45) is 0.195. The van der Waals surface area contributed by atoms with Crippen LogP contribution < -0.4 is 0 Å². The fraction of sp³-hybridized carbons (Fsp3) is 0.533. The summed E-state index contributed by atoms with van der Waals surface area (Å²) >= 11 is 11.9. The fourth-order valence-electron chi connectivity index (χ4n) is 1.74. The molecular formula is C15H21Cl2NO2. The normalized spacial score (nSPS) is 13.0. The zero-order chi connectivity index (χ0) is 15.3. The van der Waals surface area contributed by atoms with Gasteiger partial charge < -0.3 is 4.74 Å². The molecule has 0 aliphatic carbocycles. The van der Waals surface area contributed by atoms with E-state index in [0.29, 0.717) is 28.8 Å². The Morgan fingerprint density at radius 3 is 2.50 bits per heavy atom. The number of nitrogens with zero attached hydrogens (tertiary/aromatic N) is 1. The van der Waals surface area contributed by atoms with E-state index in [9.17, 15) is 4.79 Å². The van der Waals surface area contributed by atoms with E-state index >= 15 is 0 Å². The number of ether oxygens (including phenoxy) is 1. The zero-order valence-electron chi connectivity index (χ0n) is 12.3. The Labute approximate surface area is 130 Å². The maximum Gasteiger partial charge on any atom is 0.181 e. The van der Waals surface area contributed by atoms with Crippen molar-refractivity contribution < 1.29 is 9.53 Å². The molecule has 0 saturated heterocycles. The summed E-state index contributed by atoms with van der Waals surface area (Å²) in [5.41, 5.74) is 0.500. The second-order valence-electron chi connectivity index (χ2n) is 5.06. The van der Waals surface area contributed by atoms with Crippen molar-refractivity contribution in [2.45, 2.75) is 32.9 Å². The Kier molecular flexibility index (Phi) is 6.96. The third-order valence-corrected chi connectivity index (χ3v) is 3.68. The third-order valence-electron chi connectivity index (χ3n) is 3.13. The first kappa shape index (κ1) is 17.4. The SMILES string of the molecule is CC(C)OCCN(C)C(C)C(=O)c1ccc(Cl)cc1Cl. The van der Waals surface area contributed by atoms with Crippen LogP contribution in [0.2, 0.25) is 10.0 Å². The van der Waals surface area contributed by atoms with Crippen LogP contribution in [0.25, 0.3) is 0 Å². The molecule has 112 valence electrons. The van der Waals surface area contributed by atoms with Gasteiger partial charge in [-0.1, -0.05) is 23.2 Å². The molecule has 0 radical (unpaired) electrons. The monoisotopic (exact) mass is 317 g/mol. The minimum absolute atomic E-state index is 0.0151. The van der Waals surface area contributed by atoms with Crippen molar-refractivity contribution in [2.75, 3.05) is 20.2 Å². The van der Waals surface area contributed by atoms with Gasteiger partial charge in [0.1, 0.15) is 0 Å². The van der Waals surface area contributed by atoms with E-state index in [4.69, 9.17) is 27.9 Å². The van der Waals surface area contributed by atoms with E-state index in [1.54, 1.807) is 18.2 Å². The lowest BCUT2D eigenvalue weighted by atomic mass is 10.0. The van der Waals surface area contributed by atoms with E-state index in [2.05, 4.69) is 0 Å². The molecule has 0 N–H and O–H groups in total. The topological polar surface area (TPSA) is 29.5 Å². The number of benzene rings is 1. The summed E-state index contributed by atoms with van der Waals surface area (Å²) in [4.78, 5) is 14.4. The summed E-state index contributed by atoms with van der Waals surface area (Å²) < 4.78 is 5.49. The van der Waals surface area contributed by atoms with Crippen LogP contribution in [-0.2, 0) is 4.74 Å². The molecule has 1 aromatic rings. The Balaban J connectivity index is 2.66. The second-order valence-corrected chi connectivity index (χ2v) is 5.91. The van der Waals surface area contributed by atoms with Crippen molar-refractivity contribution in [2.24, 2.45) is 0 Å². The maximum absolute atomic E-state index is 12.4. The number of rotatable bonds is 7. The van der Waals surface area contributed by atoms with Crippen LogP contribution in [0, 0.1) is 0 Å². The van der Waals surface area contributed by atoms with Crippen LogP contribution >= 0.6 is 23.2 Å². The van der Waals surface area contributed by atoms with Crippen LogP contribution in [0.5, 0.6) is 0 Å². The molecule has 1 aromatic carbocycles. The van der Waals surface area contributed by atoms with E-state index in [1.807, 2.05) is 32.7 Å². The number of likely N-dealkylation sites (N-methyl/N-ethyl adjacent to an activating group) is 1. The summed E-state index contributed by atoms with van der Waals surface area (Å²) in [5, 5.41) is 0.916. The highest BCUT2D eigenvalue weighted by atomic mass is 35.5. The van der Waals surface area contributed by atoms with E-state index in [-0.39, 0.29) is 17.9 Å². The molecule has 0 fully saturated rings. The first-order valence-electron chi connectivity index (χ1n) is 6.64. The van der Waals surface area contributed by atoms with Gasteiger partial charge >= 0.3 is 0 Å². The van der Waals surface area contributed by atoms with E-state index in [0.717, 1.165) is 0 Å². The zero-order valence-corrected chi connectivity index (χ0v) is 13.8. The van der Waals surface area contributed by atoms with Crippen LogP contribution in [0.3, 0.4) is 0 Å². The van der Waals surface area contributed by atoms with Crippen LogP contribution in [0.15, 0.2) is 18.2 Å². The number of ketones is 1. The van der Waals surface area contributed by atoms with Crippen LogP contribution in [-0.4, -0.2) is 43.0 Å². The molecule has 1 unspecified atom stereocenters. The minimum atomic E-state index is -0.260. The maximum atomic E-state index is 12.4. The van der Waals surface area contributed by atoms with E-state index < -0.39 is 0 Å². The first-order chi connectivity index (χ1) is 9.32. The van der Waals surface area contributed by atoms with Crippen molar-refractivity contribution in [3.63, 3.8) is 0 Å².